The molecule has 0 bridgehead atoms. The highest BCUT2D eigenvalue weighted by Gasteiger charge is 2.51. The summed E-state index contributed by atoms with van der Waals surface area (Å²) in [5.74, 6) is 0. The molecule has 140 valence electrons. The first-order valence-corrected chi connectivity index (χ1v) is 9.13. The second-order valence-electron chi connectivity index (χ2n) is 7.89. The van der Waals surface area contributed by atoms with Crippen molar-refractivity contribution in [3.63, 3.8) is 0 Å². The lowest BCUT2D eigenvalue weighted by molar-refractivity contribution is -0.745. The molecule has 0 N–H and O–H groups in total. The van der Waals surface area contributed by atoms with Crippen LogP contribution >= 0.6 is 0 Å². The number of aromatic nitrogens is 2. The van der Waals surface area contributed by atoms with Crippen LogP contribution in [-0.4, -0.2) is 4.68 Å². The Labute approximate surface area is 176 Å². The van der Waals surface area contributed by atoms with E-state index in [0.29, 0.717) is 16.8 Å². The molecule has 0 fully saturated rings. The summed E-state index contributed by atoms with van der Waals surface area (Å²) in [4.78, 5) is 0. The lowest BCUT2D eigenvalue weighted by Crippen LogP contribution is -2.51. The van der Waals surface area contributed by atoms with Crippen molar-refractivity contribution in [2.45, 2.75) is 59.1 Å². The van der Waals surface area contributed by atoms with Crippen molar-refractivity contribution in [1.82, 2.24) is 4.68 Å². The van der Waals surface area contributed by atoms with Crippen molar-refractivity contribution in [2.75, 3.05) is 0 Å². The molecule has 0 saturated heterocycles. The van der Waals surface area contributed by atoms with E-state index in [0.717, 1.165) is 16.7 Å². The number of aryl methyl sites for hydroxylation is 4. The van der Waals surface area contributed by atoms with Gasteiger partial charge in [0, 0.05) is 23.2 Å². The van der Waals surface area contributed by atoms with Crippen molar-refractivity contribution in [2.24, 2.45) is 7.05 Å². The summed E-state index contributed by atoms with van der Waals surface area (Å²) in [6, 6.07) is 10.6. The normalized spacial score (nSPS) is 26.6. The van der Waals surface area contributed by atoms with Crippen molar-refractivity contribution < 1.29 is 17.0 Å². The standard InChI is InChI=1S/C25H31N2/c1-16-11-9-12-17(2)21(16)19-15-26(8)27-22-18(3)13-10-14-20(22)24(4,5)25(6,7)23(19)27/h9-15H,1-8H3/q+1/i4D3,5D3,6D3. The zero-order chi connectivity index (χ0) is 27.2. The summed E-state index contributed by atoms with van der Waals surface area (Å²) in [5.41, 5.74) is -0.807. The van der Waals surface area contributed by atoms with Gasteiger partial charge in [0.2, 0.25) is 6.20 Å². The van der Waals surface area contributed by atoms with E-state index in [1.165, 1.54) is 13.0 Å². The molecule has 1 atom stereocenters. The van der Waals surface area contributed by atoms with E-state index in [2.05, 4.69) is 0 Å². The first-order chi connectivity index (χ1) is 16.3. The number of benzene rings is 2. The molecule has 3 aromatic rings. The Morgan fingerprint density at radius 2 is 1.48 bits per heavy atom. The SMILES string of the molecule is [2H]C([2H])([2H])C1(C)c2c(-c3c(C)cccc3C)c[n+](C)n2-c2c(C)cccc2C1(C([2H])([2H])[2H])C([2H])([2H])[2H]. The Morgan fingerprint density at radius 3 is 2.11 bits per heavy atom. The molecule has 2 nitrogen and oxygen atoms in total. The zero-order valence-corrected chi connectivity index (χ0v) is 16.4. The monoisotopic (exact) mass is 368 g/mol. The van der Waals surface area contributed by atoms with Crippen LogP contribution in [0.5, 0.6) is 0 Å². The predicted molar refractivity (Wildman–Crippen MR) is 113 cm³/mol. The van der Waals surface area contributed by atoms with Crippen LogP contribution in [0.4, 0.5) is 0 Å². The molecule has 27 heavy (non-hydrogen) atoms. The quantitative estimate of drug-likeness (QED) is 0.504. The fourth-order valence-electron chi connectivity index (χ4n) is 4.44. The van der Waals surface area contributed by atoms with Gasteiger partial charge in [0.1, 0.15) is 11.4 Å². The molecule has 1 aromatic heterocycles. The summed E-state index contributed by atoms with van der Waals surface area (Å²) in [7, 11) is 1.76. The highest BCUT2D eigenvalue weighted by molar-refractivity contribution is 5.75. The molecule has 1 aliphatic rings. The second kappa shape index (κ2) is 5.58. The Hall–Kier alpha value is -2.35. The number of nitrogens with zero attached hydrogens (tertiary/aromatic N) is 2. The first kappa shape index (κ1) is 10.3. The summed E-state index contributed by atoms with van der Waals surface area (Å²) in [6.45, 7) is -2.47. The van der Waals surface area contributed by atoms with E-state index in [1.54, 1.807) is 41.7 Å². The summed E-state index contributed by atoms with van der Waals surface area (Å²) in [6.07, 6.45) is 1.78. The van der Waals surface area contributed by atoms with Gasteiger partial charge in [0.05, 0.1) is 5.56 Å². The Kier molecular flexibility index (Phi) is 2.12. The van der Waals surface area contributed by atoms with Crippen LogP contribution in [0.3, 0.4) is 0 Å². The predicted octanol–water partition coefficient (Wildman–Crippen LogP) is 5.46. The molecule has 0 amide bonds. The largest absolute Gasteiger partial charge is 0.203 e. The van der Waals surface area contributed by atoms with Gasteiger partial charge in [0.25, 0.3) is 0 Å². The van der Waals surface area contributed by atoms with Crippen molar-refractivity contribution in [1.29, 1.82) is 0 Å². The lowest BCUT2D eigenvalue weighted by Gasteiger charge is -2.46. The van der Waals surface area contributed by atoms with Gasteiger partial charge in [-0.2, -0.15) is 0 Å². The minimum absolute atomic E-state index is 0.00659. The van der Waals surface area contributed by atoms with Gasteiger partial charge in [-0.15, -0.1) is 9.36 Å². The van der Waals surface area contributed by atoms with Gasteiger partial charge in [-0.3, -0.25) is 0 Å². The van der Waals surface area contributed by atoms with E-state index in [4.69, 9.17) is 12.3 Å². The summed E-state index contributed by atoms with van der Waals surface area (Å²) in [5, 5.41) is 0. The minimum Gasteiger partial charge on any atom is -0.124 e. The fraction of sp³-hybridized carbons (Fsp3) is 0.400. The third-order valence-corrected chi connectivity index (χ3v) is 5.93. The van der Waals surface area contributed by atoms with Gasteiger partial charge in [-0.25, -0.2) is 0 Å². The molecule has 0 aliphatic carbocycles. The summed E-state index contributed by atoms with van der Waals surface area (Å²) < 4.78 is 81.8. The minimum atomic E-state index is -3.18. The third-order valence-electron chi connectivity index (χ3n) is 5.93. The van der Waals surface area contributed by atoms with Crippen molar-refractivity contribution in [3.8, 4) is 16.8 Å². The van der Waals surface area contributed by atoms with Gasteiger partial charge < -0.3 is 0 Å². The molecule has 1 unspecified atom stereocenters. The third kappa shape index (κ3) is 2.22. The number of para-hydroxylation sites is 1. The van der Waals surface area contributed by atoms with Gasteiger partial charge in [-0.05, 0) is 48.6 Å². The Balaban J connectivity index is 2.41. The van der Waals surface area contributed by atoms with Crippen molar-refractivity contribution >= 4 is 0 Å². The number of hydrogen-bond acceptors (Lipinski definition) is 0. The van der Waals surface area contributed by atoms with Gasteiger partial charge in [-0.1, -0.05) is 63.9 Å². The molecule has 0 radical (unpaired) electrons. The second-order valence-corrected chi connectivity index (χ2v) is 7.89. The Morgan fingerprint density at radius 1 is 0.889 bits per heavy atom. The topological polar surface area (TPSA) is 8.81 Å². The van der Waals surface area contributed by atoms with Crippen LogP contribution in [0, 0.1) is 20.8 Å². The molecule has 0 spiro atoms. The highest BCUT2D eigenvalue weighted by Crippen LogP contribution is 2.52. The van der Waals surface area contributed by atoms with E-state index in [1.807, 2.05) is 32.0 Å². The van der Waals surface area contributed by atoms with Crippen molar-refractivity contribution in [3.05, 3.63) is 70.5 Å². The zero-order valence-electron chi connectivity index (χ0n) is 25.4. The molecule has 2 heteroatoms. The van der Waals surface area contributed by atoms with Gasteiger partial charge in [0.15, 0.2) is 7.05 Å². The lowest BCUT2D eigenvalue weighted by atomic mass is 9.59. The van der Waals surface area contributed by atoms with Crippen LogP contribution in [0.2, 0.25) is 0 Å². The van der Waals surface area contributed by atoms with Gasteiger partial charge >= 0.3 is 0 Å². The van der Waals surface area contributed by atoms with E-state index in [-0.39, 0.29) is 11.3 Å². The highest BCUT2D eigenvalue weighted by atomic mass is 15.4. The smallest absolute Gasteiger partial charge is 0.124 e. The maximum atomic E-state index is 8.75. The van der Waals surface area contributed by atoms with Crippen LogP contribution in [0.1, 0.15) is 67.8 Å². The molecular weight excluding hydrogens is 328 g/mol. The molecule has 2 aromatic carbocycles. The molecule has 4 rings (SSSR count). The number of rotatable bonds is 1. The molecular formula is C25H31N2+. The van der Waals surface area contributed by atoms with E-state index in [9.17, 15) is 0 Å². The number of fused-ring (bicyclic) bond motifs is 3. The average Bonchev–Trinajstić information content (AvgIpc) is 3.02. The van der Waals surface area contributed by atoms with Crippen LogP contribution in [0.25, 0.3) is 16.8 Å². The van der Waals surface area contributed by atoms with Crippen LogP contribution in [0.15, 0.2) is 42.6 Å². The molecule has 1 aliphatic heterocycles. The molecule has 2 heterocycles. The maximum absolute atomic E-state index is 8.75. The van der Waals surface area contributed by atoms with Crippen LogP contribution in [-0.2, 0) is 17.9 Å². The first-order valence-electron chi connectivity index (χ1n) is 13.6. The van der Waals surface area contributed by atoms with E-state index < -0.39 is 31.4 Å². The summed E-state index contributed by atoms with van der Waals surface area (Å²) >= 11 is 0. The van der Waals surface area contributed by atoms with Crippen LogP contribution < -0.4 is 4.68 Å². The van der Waals surface area contributed by atoms with E-state index >= 15 is 0 Å². The average molecular weight is 369 g/mol. The number of hydrogen-bond donors (Lipinski definition) is 0. The fourth-order valence-corrected chi connectivity index (χ4v) is 4.44. The molecule has 0 saturated carbocycles. The maximum Gasteiger partial charge on any atom is 0.203 e. The Bertz CT molecular complexity index is 1330.